The molecule has 2 aromatic rings. The molecule has 1 saturated carbocycles. The van der Waals surface area contributed by atoms with Crippen molar-refractivity contribution in [2.45, 2.75) is 31.8 Å². The van der Waals surface area contributed by atoms with E-state index in [0.717, 1.165) is 36.6 Å². The van der Waals surface area contributed by atoms with E-state index in [1.807, 2.05) is 37.4 Å². The van der Waals surface area contributed by atoms with Gasteiger partial charge in [0, 0.05) is 36.7 Å². The summed E-state index contributed by atoms with van der Waals surface area (Å²) in [6, 6.07) is 9.43. The lowest BCUT2D eigenvalue weighted by Crippen LogP contribution is -2.38. The van der Waals surface area contributed by atoms with Gasteiger partial charge in [-0.25, -0.2) is 0 Å². The van der Waals surface area contributed by atoms with Crippen LogP contribution in [0.1, 0.15) is 36.0 Å². The molecule has 4 heteroatoms. The predicted molar refractivity (Wildman–Crippen MR) is 86.7 cm³/mol. The Hall–Kier alpha value is -1.94. The molecule has 0 bridgehead atoms. The molecule has 116 valence electrons. The van der Waals surface area contributed by atoms with Crippen LogP contribution < -0.4 is 0 Å². The Balaban J connectivity index is 1.73. The van der Waals surface area contributed by atoms with E-state index in [1.54, 1.807) is 11.1 Å². The summed E-state index contributed by atoms with van der Waals surface area (Å²) in [6.07, 6.45) is 5.57. The number of amides is 1. The molecule has 2 unspecified atom stereocenters. The van der Waals surface area contributed by atoms with Crippen LogP contribution in [0.15, 0.2) is 36.5 Å². The smallest absolute Gasteiger partial charge is 0.253 e. The van der Waals surface area contributed by atoms with Gasteiger partial charge in [-0.2, -0.15) is 0 Å². The monoisotopic (exact) mass is 298 g/mol. The Labute approximate surface area is 130 Å². The van der Waals surface area contributed by atoms with Gasteiger partial charge in [0.2, 0.25) is 0 Å². The van der Waals surface area contributed by atoms with Gasteiger partial charge >= 0.3 is 0 Å². The Kier molecular flexibility index (Phi) is 4.39. The van der Waals surface area contributed by atoms with Crippen LogP contribution in [0.3, 0.4) is 0 Å². The molecule has 0 radical (unpaired) electrons. The molecule has 1 fully saturated rings. The highest BCUT2D eigenvalue weighted by Crippen LogP contribution is 2.25. The highest BCUT2D eigenvalue weighted by atomic mass is 16.3. The summed E-state index contributed by atoms with van der Waals surface area (Å²) in [4.78, 5) is 18.6. The number of hydrogen-bond donors (Lipinski definition) is 1. The second-order valence-electron chi connectivity index (χ2n) is 6.21. The molecule has 2 atom stereocenters. The van der Waals surface area contributed by atoms with Crippen molar-refractivity contribution in [3.8, 4) is 0 Å². The van der Waals surface area contributed by atoms with Crippen LogP contribution in [0.25, 0.3) is 10.9 Å². The molecule has 1 aliphatic rings. The van der Waals surface area contributed by atoms with E-state index in [2.05, 4.69) is 4.98 Å². The summed E-state index contributed by atoms with van der Waals surface area (Å²) in [5, 5.41) is 11.0. The van der Waals surface area contributed by atoms with Crippen LogP contribution in [-0.2, 0) is 0 Å². The van der Waals surface area contributed by atoms with Gasteiger partial charge in [0.05, 0.1) is 11.6 Å². The number of carbonyl (C=O) groups is 1. The van der Waals surface area contributed by atoms with Gasteiger partial charge in [-0.1, -0.05) is 18.9 Å². The van der Waals surface area contributed by atoms with Crippen molar-refractivity contribution in [3.05, 3.63) is 42.1 Å². The van der Waals surface area contributed by atoms with Crippen LogP contribution >= 0.6 is 0 Å². The van der Waals surface area contributed by atoms with Crippen molar-refractivity contribution in [2.24, 2.45) is 5.92 Å². The van der Waals surface area contributed by atoms with E-state index in [0.29, 0.717) is 12.1 Å². The van der Waals surface area contributed by atoms with Crippen LogP contribution in [0.2, 0.25) is 0 Å². The largest absolute Gasteiger partial charge is 0.393 e. The highest BCUT2D eigenvalue weighted by molar-refractivity contribution is 5.97. The average molecular weight is 298 g/mol. The van der Waals surface area contributed by atoms with Crippen molar-refractivity contribution < 1.29 is 9.90 Å². The molecule has 1 aromatic carbocycles. The Bertz CT molecular complexity index is 671. The molecule has 1 aliphatic carbocycles. The summed E-state index contributed by atoms with van der Waals surface area (Å²) >= 11 is 0. The molecular weight excluding hydrogens is 276 g/mol. The first kappa shape index (κ1) is 15.0. The third-order valence-corrected chi connectivity index (χ3v) is 4.57. The zero-order valence-electron chi connectivity index (χ0n) is 12.9. The molecule has 0 aliphatic heterocycles. The number of carbonyl (C=O) groups excluding carboxylic acids is 1. The minimum atomic E-state index is -0.273. The first-order valence-corrected chi connectivity index (χ1v) is 7.93. The van der Waals surface area contributed by atoms with E-state index in [-0.39, 0.29) is 17.9 Å². The maximum Gasteiger partial charge on any atom is 0.253 e. The van der Waals surface area contributed by atoms with Gasteiger partial charge in [-0.15, -0.1) is 0 Å². The first-order valence-electron chi connectivity index (χ1n) is 7.93. The second-order valence-corrected chi connectivity index (χ2v) is 6.21. The summed E-state index contributed by atoms with van der Waals surface area (Å²) in [6.45, 7) is 0.616. The maximum absolute atomic E-state index is 12.6. The number of aliphatic hydroxyl groups is 1. The molecule has 0 saturated heterocycles. The third kappa shape index (κ3) is 3.12. The number of rotatable bonds is 3. The van der Waals surface area contributed by atoms with Crippen LogP contribution in [0.5, 0.6) is 0 Å². The van der Waals surface area contributed by atoms with Crippen molar-refractivity contribution in [2.75, 3.05) is 13.6 Å². The predicted octanol–water partition coefficient (Wildman–Crippen LogP) is 2.86. The van der Waals surface area contributed by atoms with Gasteiger partial charge < -0.3 is 10.0 Å². The zero-order chi connectivity index (χ0) is 15.5. The van der Waals surface area contributed by atoms with Gasteiger partial charge in [0.25, 0.3) is 5.91 Å². The Morgan fingerprint density at radius 2 is 2.14 bits per heavy atom. The summed E-state index contributed by atoms with van der Waals surface area (Å²) in [5.74, 6) is 0.202. The SMILES string of the molecule is CN(CC1CCCCC1O)C(=O)c1ccc2ncccc2c1. The van der Waals surface area contributed by atoms with Crippen molar-refractivity contribution >= 4 is 16.8 Å². The second kappa shape index (κ2) is 6.44. The van der Waals surface area contributed by atoms with Gasteiger partial charge in [0.1, 0.15) is 0 Å². The lowest BCUT2D eigenvalue weighted by atomic mass is 9.86. The van der Waals surface area contributed by atoms with Crippen LogP contribution in [0.4, 0.5) is 0 Å². The lowest BCUT2D eigenvalue weighted by Gasteiger charge is -2.31. The lowest BCUT2D eigenvalue weighted by molar-refractivity contribution is 0.0451. The molecular formula is C18H22N2O2. The molecule has 0 spiro atoms. The fraction of sp³-hybridized carbons (Fsp3) is 0.444. The molecule has 3 rings (SSSR count). The molecule has 22 heavy (non-hydrogen) atoms. The number of pyridine rings is 1. The minimum Gasteiger partial charge on any atom is -0.393 e. The third-order valence-electron chi connectivity index (χ3n) is 4.57. The summed E-state index contributed by atoms with van der Waals surface area (Å²) in [5.41, 5.74) is 1.57. The highest BCUT2D eigenvalue weighted by Gasteiger charge is 2.26. The zero-order valence-corrected chi connectivity index (χ0v) is 12.9. The average Bonchev–Trinajstić information content (AvgIpc) is 2.55. The van der Waals surface area contributed by atoms with Crippen LogP contribution in [-0.4, -0.2) is 40.6 Å². The quantitative estimate of drug-likeness (QED) is 0.948. The van der Waals surface area contributed by atoms with Gasteiger partial charge in [-0.3, -0.25) is 9.78 Å². The van der Waals surface area contributed by atoms with Crippen molar-refractivity contribution in [3.63, 3.8) is 0 Å². The Morgan fingerprint density at radius 3 is 2.95 bits per heavy atom. The normalized spacial score (nSPS) is 21.7. The number of nitrogens with zero attached hydrogens (tertiary/aromatic N) is 2. The fourth-order valence-corrected chi connectivity index (χ4v) is 3.26. The van der Waals surface area contributed by atoms with Crippen molar-refractivity contribution in [1.29, 1.82) is 0 Å². The fourth-order valence-electron chi connectivity index (χ4n) is 3.26. The summed E-state index contributed by atoms with van der Waals surface area (Å²) < 4.78 is 0. The number of aliphatic hydroxyl groups excluding tert-OH is 1. The molecule has 1 N–H and O–H groups in total. The van der Waals surface area contributed by atoms with Gasteiger partial charge in [0.15, 0.2) is 0 Å². The summed E-state index contributed by atoms with van der Waals surface area (Å²) in [7, 11) is 1.82. The first-order chi connectivity index (χ1) is 10.6. The number of hydrogen-bond acceptors (Lipinski definition) is 3. The molecule has 4 nitrogen and oxygen atoms in total. The molecule has 1 heterocycles. The number of benzene rings is 1. The number of aromatic nitrogens is 1. The van der Waals surface area contributed by atoms with Crippen molar-refractivity contribution in [1.82, 2.24) is 9.88 Å². The van der Waals surface area contributed by atoms with Gasteiger partial charge in [-0.05, 0) is 37.1 Å². The topological polar surface area (TPSA) is 53.4 Å². The number of fused-ring (bicyclic) bond motifs is 1. The van der Waals surface area contributed by atoms with E-state index in [9.17, 15) is 9.90 Å². The molecule has 1 amide bonds. The minimum absolute atomic E-state index is 0.00327. The molecule has 1 aromatic heterocycles. The van der Waals surface area contributed by atoms with E-state index in [1.165, 1.54) is 0 Å². The van der Waals surface area contributed by atoms with E-state index < -0.39 is 0 Å². The van der Waals surface area contributed by atoms with E-state index >= 15 is 0 Å². The standard InChI is InChI=1S/C18H22N2O2/c1-20(12-15-5-2-3-7-17(15)21)18(22)14-8-9-16-13(11-14)6-4-10-19-16/h4,6,8-11,15,17,21H,2-3,5,7,12H2,1H3. The van der Waals surface area contributed by atoms with Crippen LogP contribution in [0, 0.1) is 5.92 Å². The van der Waals surface area contributed by atoms with E-state index in [4.69, 9.17) is 0 Å². The Morgan fingerprint density at radius 1 is 1.32 bits per heavy atom. The maximum atomic E-state index is 12.6.